The number of benzene rings is 2. The lowest BCUT2D eigenvalue weighted by Crippen LogP contribution is -2.44. The molecule has 0 aliphatic heterocycles. The molecule has 0 heterocycles. The second-order valence-electron chi connectivity index (χ2n) is 5.98. The van der Waals surface area contributed by atoms with E-state index in [2.05, 4.69) is 16.0 Å². The molecule has 2 atom stereocenters. The van der Waals surface area contributed by atoms with Gasteiger partial charge in [-0.3, -0.25) is 4.79 Å². The Morgan fingerprint density at radius 1 is 0.857 bits per heavy atom. The zero-order valence-electron chi connectivity index (χ0n) is 15.9. The van der Waals surface area contributed by atoms with Crippen molar-refractivity contribution in [2.45, 2.75) is 26.0 Å². The highest BCUT2D eigenvalue weighted by atomic mass is 16.5. The van der Waals surface area contributed by atoms with Crippen LogP contribution in [-0.2, 0) is 14.3 Å². The van der Waals surface area contributed by atoms with Crippen molar-refractivity contribution in [3.8, 4) is 5.75 Å². The van der Waals surface area contributed by atoms with Gasteiger partial charge < -0.3 is 25.4 Å². The molecule has 3 amide bonds. The van der Waals surface area contributed by atoms with Crippen molar-refractivity contribution in [2.24, 2.45) is 0 Å². The highest BCUT2D eigenvalue weighted by molar-refractivity contribution is 5.96. The number of esters is 1. The molecule has 0 fully saturated rings. The number of methoxy groups -OCH3 is 1. The number of carbonyl (C=O) groups is 3. The van der Waals surface area contributed by atoms with Crippen molar-refractivity contribution in [2.75, 3.05) is 17.7 Å². The summed E-state index contributed by atoms with van der Waals surface area (Å²) in [6.07, 6.45) is -1.03. The fourth-order valence-corrected chi connectivity index (χ4v) is 2.19. The van der Waals surface area contributed by atoms with Gasteiger partial charge in [0.25, 0.3) is 5.91 Å². The Balaban J connectivity index is 1.80. The van der Waals surface area contributed by atoms with Crippen molar-refractivity contribution in [3.63, 3.8) is 0 Å². The summed E-state index contributed by atoms with van der Waals surface area (Å²) in [6.45, 7) is 2.93. The van der Waals surface area contributed by atoms with Crippen LogP contribution in [0.2, 0.25) is 0 Å². The Kier molecular flexibility index (Phi) is 7.38. The molecule has 2 aromatic carbocycles. The average molecular weight is 385 g/mol. The zero-order valence-corrected chi connectivity index (χ0v) is 15.9. The van der Waals surface area contributed by atoms with Gasteiger partial charge in [0.05, 0.1) is 7.11 Å². The lowest BCUT2D eigenvalue weighted by Gasteiger charge is -2.18. The maximum absolute atomic E-state index is 12.2. The molecule has 0 aliphatic rings. The number of amides is 3. The number of rotatable bonds is 7. The highest BCUT2D eigenvalue weighted by Gasteiger charge is 2.23. The minimum atomic E-state index is -1.03. The largest absolute Gasteiger partial charge is 0.497 e. The smallest absolute Gasteiger partial charge is 0.329 e. The fraction of sp³-hybridized carbons (Fsp3) is 0.250. The molecule has 8 nitrogen and oxygen atoms in total. The summed E-state index contributed by atoms with van der Waals surface area (Å²) in [5.74, 6) is -0.550. The van der Waals surface area contributed by atoms with Gasteiger partial charge in [0.15, 0.2) is 6.10 Å². The highest BCUT2D eigenvalue weighted by Crippen LogP contribution is 2.15. The van der Waals surface area contributed by atoms with Crippen molar-refractivity contribution in [1.29, 1.82) is 0 Å². The second kappa shape index (κ2) is 9.96. The Bertz CT molecular complexity index is 808. The Labute approximate surface area is 163 Å². The van der Waals surface area contributed by atoms with E-state index in [0.29, 0.717) is 17.1 Å². The molecule has 148 valence electrons. The van der Waals surface area contributed by atoms with Crippen molar-refractivity contribution < 1.29 is 23.9 Å². The average Bonchev–Trinajstić information content (AvgIpc) is 2.69. The van der Waals surface area contributed by atoms with E-state index in [0.717, 1.165) is 0 Å². The summed E-state index contributed by atoms with van der Waals surface area (Å²) in [5, 5.41) is 7.70. The number of anilines is 2. The summed E-state index contributed by atoms with van der Waals surface area (Å²) >= 11 is 0. The molecular formula is C20H23N3O5. The predicted octanol–water partition coefficient (Wildman–Crippen LogP) is 2.78. The second-order valence-corrected chi connectivity index (χ2v) is 5.98. The van der Waals surface area contributed by atoms with Gasteiger partial charge in [-0.25, -0.2) is 9.59 Å². The van der Waals surface area contributed by atoms with E-state index >= 15 is 0 Å². The number of hydrogen-bond donors (Lipinski definition) is 3. The fourth-order valence-electron chi connectivity index (χ4n) is 2.19. The summed E-state index contributed by atoms with van der Waals surface area (Å²) in [4.78, 5) is 36.2. The molecule has 3 N–H and O–H groups in total. The molecular weight excluding hydrogens is 362 g/mol. The van der Waals surface area contributed by atoms with Gasteiger partial charge in [-0.1, -0.05) is 18.2 Å². The number of hydrogen-bond acceptors (Lipinski definition) is 5. The summed E-state index contributed by atoms with van der Waals surface area (Å²) < 4.78 is 10.2. The summed E-state index contributed by atoms with van der Waals surface area (Å²) in [5.41, 5.74) is 1.13. The van der Waals surface area contributed by atoms with Crippen LogP contribution in [0.15, 0.2) is 54.6 Å². The molecule has 0 radical (unpaired) electrons. The number of nitrogens with one attached hydrogen (secondary N) is 3. The first kappa shape index (κ1) is 20.8. The number of para-hydroxylation sites is 1. The van der Waals surface area contributed by atoms with Gasteiger partial charge in [-0.05, 0) is 50.2 Å². The third kappa shape index (κ3) is 6.31. The third-order valence-electron chi connectivity index (χ3n) is 3.75. The quantitative estimate of drug-likeness (QED) is 0.636. The van der Waals surface area contributed by atoms with E-state index in [1.165, 1.54) is 13.8 Å². The first-order valence-electron chi connectivity index (χ1n) is 8.67. The van der Waals surface area contributed by atoms with Crippen LogP contribution in [0.1, 0.15) is 13.8 Å². The van der Waals surface area contributed by atoms with Crippen molar-refractivity contribution in [1.82, 2.24) is 5.32 Å². The van der Waals surface area contributed by atoms with Crippen LogP contribution in [0.3, 0.4) is 0 Å². The van der Waals surface area contributed by atoms with Gasteiger partial charge in [-0.2, -0.15) is 0 Å². The molecule has 0 bridgehead atoms. The molecule has 8 heteroatoms. The standard InChI is InChI=1S/C20H23N3O5/c1-13(21-20(26)23-15-7-5-4-6-8-15)19(25)28-14(2)18(24)22-16-9-11-17(27-3)12-10-16/h4-14H,1-3H3,(H,22,24)(H2,21,23,26)/t13-,14+/m0/s1. The number of carbonyl (C=O) groups excluding carboxylic acids is 3. The summed E-state index contributed by atoms with van der Waals surface area (Å²) in [6, 6.07) is 14.1. The molecule has 0 aromatic heterocycles. The van der Waals surface area contributed by atoms with Crippen LogP contribution < -0.4 is 20.7 Å². The van der Waals surface area contributed by atoms with Crippen LogP contribution in [0, 0.1) is 0 Å². The van der Waals surface area contributed by atoms with E-state index in [9.17, 15) is 14.4 Å². The molecule has 2 aromatic rings. The monoisotopic (exact) mass is 385 g/mol. The van der Waals surface area contributed by atoms with Crippen LogP contribution >= 0.6 is 0 Å². The molecule has 2 rings (SSSR count). The van der Waals surface area contributed by atoms with Crippen LogP contribution in [-0.4, -0.2) is 37.2 Å². The van der Waals surface area contributed by atoms with Gasteiger partial charge in [0.1, 0.15) is 11.8 Å². The molecule has 0 saturated carbocycles. The van der Waals surface area contributed by atoms with Gasteiger partial charge >= 0.3 is 12.0 Å². The number of urea groups is 1. The minimum Gasteiger partial charge on any atom is -0.497 e. The SMILES string of the molecule is COc1ccc(NC(=O)[C@@H](C)OC(=O)[C@H](C)NC(=O)Nc2ccccc2)cc1. The maximum Gasteiger partial charge on any atom is 0.329 e. The van der Waals surface area contributed by atoms with E-state index in [1.54, 1.807) is 55.6 Å². The van der Waals surface area contributed by atoms with Gasteiger partial charge in [-0.15, -0.1) is 0 Å². The Morgan fingerprint density at radius 2 is 1.46 bits per heavy atom. The summed E-state index contributed by atoms with van der Waals surface area (Å²) in [7, 11) is 1.55. The van der Waals surface area contributed by atoms with Crippen LogP contribution in [0.4, 0.5) is 16.2 Å². The minimum absolute atomic E-state index is 0.487. The van der Waals surface area contributed by atoms with Crippen LogP contribution in [0.5, 0.6) is 5.75 Å². The Hall–Kier alpha value is -3.55. The first-order chi connectivity index (χ1) is 13.4. The Morgan fingerprint density at radius 3 is 2.07 bits per heavy atom. The van der Waals surface area contributed by atoms with E-state index in [1.807, 2.05) is 6.07 Å². The van der Waals surface area contributed by atoms with E-state index < -0.39 is 30.1 Å². The van der Waals surface area contributed by atoms with E-state index in [-0.39, 0.29) is 0 Å². The van der Waals surface area contributed by atoms with Crippen LogP contribution in [0.25, 0.3) is 0 Å². The van der Waals surface area contributed by atoms with Crippen molar-refractivity contribution in [3.05, 3.63) is 54.6 Å². The van der Waals surface area contributed by atoms with Gasteiger partial charge in [0, 0.05) is 11.4 Å². The maximum atomic E-state index is 12.2. The number of ether oxygens (including phenoxy) is 2. The zero-order chi connectivity index (χ0) is 20.5. The molecule has 0 aliphatic carbocycles. The van der Waals surface area contributed by atoms with Crippen molar-refractivity contribution >= 4 is 29.3 Å². The lowest BCUT2D eigenvalue weighted by molar-refractivity contribution is -0.154. The molecule has 0 unspecified atom stereocenters. The van der Waals surface area contributed by atoms with Gasteiger partial charge in [0.2, 0.25) is 0 Å². The normalized spacial score (nSPS) is 12.2. The first-order valence-corrected chi connectivity index (χ1v) is 8.67. The van der Waals surface area contributed by atoms with E-state index in [4.69, 9.17) is 9.47 Å². The topological polar surface area (TPSA) is 106 Å². The predicted molar refractivity (Wildman–Crippen MR) is 105 cm³/mol. The molecule has 0 spiro atoms. The molecule has 0 saturated heterocycles. The molecule has 28 heavy (non-hydrogen) atoms. The lowest BCUT2D eigenvalue weighted by atomic mass is 10.2. The third-order valence-corrected chi connectivity index (χ3v) is 3.75.